The zero-order chi connectivity index (χ0) is 15.4. The molecule has 0 spiro atoms. The van der Waals surface area contributed by atoms with Gasteiger partial charge in [0.1, 0.15) is 10.7 Å². The number of benzene rings is 1. The van der Waals surface area contributed by atoms with Gasteiger partial charge in [-0.2, -0.15) is 0 Å². The first-order valence-electron chi connectivity index (χ1n) is 6.71. The largest absolute Gasteiger partial charge is 0.322 e. The van der Waals surface area contributed by atoms with Crippen molar-refractivity contribution in [3.63, 3.8) is 0 Å². The minimum absolute atomic E-state index is 0.151. The highest BCUT2D eigenvalue weighted by atomic mass is 32.1. The van der Waals surface area contributed by atoms with Gasteiger partial charge in [-0.1, -0.05) is 12.1 Å². The van der Waals surface area contributed by atoms with Gasteiger partial charge in [-0.15, -0.1) is 11.3 Å². The smallest absolute Gasteiger partial charge is 0.275 e. The summed E-state index contributed by atoms with van der Waals surface area (Å²) in [6.45, 7) is 2.72. The van der Waals surface area contributed by atoms with E-state index in [1.807, 2.05) is 45.3 Å². The molecular formula is C15H20N4OS. The number of hydrogen-bond acceptors (Lipinski definition) is 5. The number of carbonyl (C=O) groups excluding carboxylic acids is 1. The quantitative estimate of drug-likeness (QED) is 0.890. The Balaban J connectivity index is 2.01. The van der Waals surface area contributed by atoms with Gasteiger partial charge in [0.05, 0.1) is 6.04 Å². The molecule has 1 heterocycles. The number of rotatable bonds is 5. The van der Waals surface area contributed by atoms with Crippen LogP contribution in [0.4, 0.5) is 5.69 Å². The van der Waals surface area contributed by atoms with Crippen molar-refractivity contribution in [1.29, 1.82) is 0 Å². The van der Waals surface area contributed by atoms with E-state index in [0.717, 1.165) is 17.2 Å². The summed E-state index contributed by atoms with van der Waals surface area (Å²) in [5, 5.41) is 5.34. The Labute approximate surface area is 128 Å². The minimum atomic E-state index is -0.210. The van der Waals surface area contributed by atoms with E-state index >= 15 is 0 Å². The lowest BCUT2D eigenvalue weighted by Crippen LogP contribution is -2.14. The van der Waals surface area contributed by atoms with Crippen molar-refractivity contribution in [2.75, 3.05) is 19.4 Å². The van der Waals surface area contributed by atoms with Crippen molar-refractivity contribution < 1.29 is 4.79 Å². The Morgan fingerprint density at radius 2 is 2.05 bits per heavy atom. The normalized spacial score (nSPS) is 12.4. The highest BCUT2D eigenvalue weighted by Gasteiger charge is 2.12. The number of anilines is 1. The fourth-order valence-electron chi connectivity index (χ4n) is 1.85. The summed E-state index contributed by atoms with van der Waals surface area (Å²) in [6.07, 6.45) is 0. The SMILES string of the molecule is CC(N)c1nc(C(=O)Nc2ccc(CN(C)C)cc2)cs1. The first-order valence-corrected chi connectivity index (χ1v) is 7.59. The number of hydrogen-bond donors (Lipinski definition) is 2. The number of nitrogens with one attached hydrogen (secondary N) is 1. The third kappa shape index (κ3) is 4.35. The lowest BCUT2D eigenvalue weighted by molar-refractivity contribution is 0.102. The minimum Gasteiger partial charge on any atom is -0.322 e. The molecule has 5 nitrogen and oxygen atoms in total. The second kappa shape index (κ2) is 6.80. The fourth-order valence-corrected chi connectivity index (χ4v) is 2.61. The van der Waals surface area contributed by atoms with E-state index in [0.29, 0.717) is 5.69 Å². The van der Waals surface area contributed by atoms with Crippen LogP contribution in [0.15, 0.2) is 29.6 Å². The average molecular weight is 304 g/mol. The maximum absolute atomic E-state index is 12.1. The van der Waals surface area contributed by atoms with Gasteiger partial charge in [0, 0.05) is 17.6 Å². The fraction of sp³-hybridized carbons (Fsp3) is 0.333. The second-order valence-corrected chi connectivity index (χ2v) is 6.14. The molecule has 2 aromatic rings. The average Bonchev–Trinajstić information content (AvgIpc) is 2.90. The van der Waals surface area contributed by atoms with E-state index in [1.165, 1.54) is 16.9 Å². The molecule has 21 heavy (non-hydrogen) atoms. The lowest BCUT2D eigenvalue weighted by atomic mass is 10.2. The van der Waals surface area contributed by atoms with Crippen LogP contribution in [0.2, 0.25) is 0 Å². The van der Waals surface area contributed by atoms with Crippen LogP contribution in [-0.2, 0) is 6.54 Å². The van der Waals surface area contributed by atoms with Gasteiger partial charge in [0.15, 0.2) is 0 Å². The zero-order valence-electron chi connectivity index (χ0n) is 12.5. The van der Waals surface area contributed by atoms with Gasteiger partial charge in [0.2, 0.25) is 0 Å². The Bertz CT molecular complexity index is 604. The molecular weight excluding hydrogens is 284 g/mol. The standard InChI is InChI=1S/C15H20N4OS/c1-10(16)15-18-13(9-21-15)14(20)17-12-6-4-11(5-7-12)8-19(2)3/h4-7,9-10H,8,16H2,1-3H3,(H,17,20). The summed E-state index contributed by atoms with van der Waals surface area (Å²) in [4.78, 5) is 18.4. The molecule has 0 aliphatic heterocycles. The summed E-state index contributed by atoms with van der Waals surface area (Å²) in [5.41, 5.74) is 8.12. The van der Waals surface area contributed by atoms with Crippen molar-refractivity contribution in [3.8, 4) is 0 Å². The monoisotopic (exact) mass is 304 g/mol. The summed E-state index contributed by atoms with van der Waals surface area (Å²) < 4.78 is 0. The van der Waals surface area contributed by atoms with Crippen molar-refractivity contribution in [2.45, 2.75) is 19.5 Å². The molecule has 2 rings (SSSR count). The molecule has 3 N–H and O–H groups in total. The van der Waals surface area contributed by atoms with E-state index in [4.69, 9.17) is 5.73 Å². The van der Waals surface area contributed by atoms with Gasteiger partial charge in [0.25, 0.3) is 5.91 Å². The summed E-state index contributed by atoms with van der Waals surface area (Å²) in [7, 11) is 4.04. The first-order chi connectivity index (χ1) is 9.95. The van der Waals surface area contributed by atoms with E-state index in [9.17, 15) is 4.79 Å². The van der Waals surface area contributed by atoms with Crippen molar-refractivity contribution in [1.82, 2.24) is 9.88 Å². The number of nitrogens with two attached hydrogens (primary N) is 1. The van der Waals surface area contributed by atoms with Crippen LogP contribution >= 0.6 is 11.3 Å². The van der Waals surface area contributed by atoms with E-state index in [-0.39, 0.29) is 11.9 Å². The van der Waals surface area contributed by atoms with Crippen LogP contribution in [0.25, 0.3) is 0 Å². The molecule has 1 atom stereocenters. The summed E-state index contributed by atoms with van der Waals surface area (Å²) in [5.74, 6) is -0.210. The van der Waals surface area contributed by atoms with Crippen LogP contribution in [0.5, 0.6) is 0 Å². The van der Waals surface area contributed by atoms with Crippen molar-refractivity contribution in [3.05, 3.63) is 45.9 Å². The van der Waals surface area contributed by atoms with Gasteiger partial charge < -0.3 is 16.0 Å². The van der Waals surface area contributed by atoms with E-state index in [1.54, 1.807) is 5.38 Å². The molecule has 0 radical (unpaired) electrons. The molecule has 0 saturated heterocycles. The molecule has 1 unspecified atom stereocenters. The highest BCUT2D eigenvalue weighted by molar-refractivity contribution is 7.09. The third-order valence-corrected chi connectivity index (χ3v) is 3.90. The molecule has 0 bridgehead atoms. The van der Waals surface area contributed by atoms with Crippen molar-refractivity contribution >= 4 is 22.9 Å². The second-order valence-electron chi connectivity index (χ2n) is 5.25. The molecule has 112 valence electrons. The van der Waals surface area contributed by atoms with Crippen LogP contribution in [0.3, 0.4) is 0 Å². The van der Waals surface area contributed by atoms with Gasteiger partial charge >= 0.3 is 0 Å². The Kier molecular flexibility index (Phi) is 5.06. The van der Waals surface area contributed by atoms with Gasteiger partial charge in [-0.3, -0.25) is 4.79 Å². The zero-order valence-corrected chi connectivity index (χ0v) is 13.3. The highest BCUT2D eigenvalue weighted by Crippen LogP contribution is 2.17. The topological polar surface area (TPSA) is 71.2 Å². The molecule has 1 amide bonds. The lowest BCUT2D eigenvalue weighted by Gasteiger charge is -2.10. The Morgan fingerprint density at radius 3 is 2.57 bits per heavy atom. The van der Waals surface area contributed by atoms with Crippen LogP contribution in [0, 0.1) is 0 Å². The van der Waals surface area contributed by atoms with Crippen molar-refractivity contribution in [2.24, 2.45) is 5.73 Å². The van der Waals surface area contributed by atoms with E-state index in [2.05, 4.69) is 15.2 Å². The summed E-state index contributed by atoms with van der Waals surface area (Å²) in [6, 6.07) is 7.65. The molecule has 0 aliphatic rings. The molecule has 0 aliphatic carbocycles. The molecule has 1 aromatic carbocycles. The van der Waals surface area contributed by atoms with Gasteiger partial charge in [-0.05, 0) is 38.7 Å². The predicted molar refractivity (Wildman–Crippen MR) is 86.5 cm³/mol. The van der Waals surface area contributed by atoms with Gasteiger partial charge in [-0.25, -0.2) is 4.98 Å². The third-order valence-electron chi connectivity index (χ3n) is 2.85. The molecule has 6 heteroatoms. The number of nitrogens with zero attached hydrogens (tertiary/aromatic N) is 2. The number of aromatic nitrogens is 1. The number of amides is 1. The van der Waals surface area contributed by atoms with Crippen LogP contribution in [0.1, 0.15) is 34.0 Å². The predicted octanol–water partition coefficient (Wildman–Crippen LogP) is 2.48. The molecule has 1 aromatic heterocycles. The van der Waals surface area contributed by atoms with Crippen LogP contribution in [-0.4, -0.2) is 29.9 Å². The maximum Gasteiger partial charge on any atom is 0.275 e. The number of carbonyl (C=O) groups is 1. The first kappa shape index (κ1) is 15.6. The van der Waals surface area contributed by atoms with Crippen LogP contribution < -0.4 is 11.1 Å². The number of thiazole rings is 1. The summed E-state index contributed by atoms with van der Waals surface area (Å²) >= 11 is 1.40. The molecule has 0 fully saturated rings. The molecule has 0 saturated carbocycles. The maximum atomic E-state index is 12.1. The Morgan fingerprint density at radius 1 is 1.38 bits per heavy atom. The Hall–Kier alpha value is -1.76. The van der Waals surface area contributed by atoms with E-state index < -0.39 is 0 Å².